The SMILES string of the molecule is CCCCCCCCCCCCOc1cc(C)c(O)c(C)c1C. The zero-order valence-corrected chi connectivity index (χ0v) is 15.7. The largest absolute Gasteiger partial charge is 0.507 e. The van der Waals surface area contributed by atoms with Crippen molar-refractivity contribution in [1.29, 1.82) is 0 Å². The van der Waals surface area contributed by atoms with E-state index in [0.717, 1.165) is 35.5 Å². The van der Waals surface area contributed by atoms with Gasteiger partial charge in [-0.05, 0) is 49.9 Å². The summed E-state index contributed by atoms with van der Waals surface area (Å²) in [5.74, 6) is 1.32. The molecule has 0 radical (unpaired) electrons. The maximum atomic E-state index is 9.92. The molecule has 0 saturated heterocycles. The zero-order valence-electron chi connectivity index (χ0n) is 15.7. The summed E-state index contributed by atoms with van der Waals surface area (Å²) in [6, 6.07) is 1.95. The normalized spacial score (nSPS) is 11.0. The van der Waals surface area contributed by atoms with Gasteiger partial charge in [0.1, 0.15) is 11.5 Å². The summed E-state index contributed by atoms with van der Waals surface area (Å²) in [6.45, 7) is 8.94. The van der Waals surface area contributed by atoms with Crippen molar-refractivity contribution >= 4 is 0 Å². The quantitative estimate of drug-likeness (QED) is 0.439. The van der Waals surface area contributed by atoms with Gasteiger partial charge in [0.05, 0.1) is 6.61 Å². The second kappa shape index (κ2) is 11.4. The van der Waals surface area contributed by atoms with E-state index in [0.29, 0.717) is 5.75 Å². The van der Waals surface area contributed by atoms with E-state index in [9.17, 15) is 5.11 Å². The minimum Gasteiger partial charge on any atom is -0.507 e. The predicted molar refractivity (Wildman–Crippen MR) is 99.7 cm³/mol. The van der Waals surface area contributed by atoms with Gasteiger partial charge in [0.2, 0.25) is 0 Å². The van der Waals surface area contributed by atoms with Gasteiger partial charge in [-0.25, -0.2) is 0 Å². The molecule has 1 rings (SSSR count). The number of rotatable bonds is 12. The highest BCUT2D eigenvalue weighted by Crippen LogP contribution is 2.32. The maximum Gasteiger partial charge on any atom is 0.122 e. The van der Waals surface area contributed by atoms with Crippen LogP contribution in [-0.4, -0.2) is 11.7 Å². The predicted octanol–water partition coefficient (Wildman–Crippen LogP) is 6.62. The zero-order chi connectivity index (χ0) is 17.1. The molecule has 0 aliphatic carbocycles. The minimum atomic E-state index is 0.397. The molecular weight excluding hydrogens is 284 g/mol. The van der Waals surface area contributed by atoms with Crippen molar-refractivity contribution in [3.05, 3.63) is 22.8 Å². The van der Waals surface area contributed by atoms with Gasteiger partial charge in [-0.3, -0.25) is 0 Å². The monoisotopic (exact) mass is 320 g/mol. The van der Waals surface area contributed by atoms with Crippen LogP contribution in [0.3, 0.4) is 0 Å². The molecule has 0 amide bonds. The van der Waals surface area contributed by atoms with Gasteiger partial charge in [-0.15, -0.1) is 0 Å². The van der Waals surface area contributed by atoms with Crippen LogP contribution in [0.15, 0.2) is 6.07 Å². The Morgan fingerprint density at radius 2 is 1.30 bits per heavy atom. The van der Waals surface area contributed by atoms with Gasteiger partial charge in [0, 0.05) is 0 Å². The van der Waals surface area contributed by atoms with Crippen LogP contribution in [0.5, 0.6) is 11.5 Å². The third-order valence-electron chi connectivity index (χ3n) is 4.76. The lowest BCUT2D eigenvalue weighted by Crippen LogP contribution is -2.01. The molecule has 1 aromatic rings. The third-order valence-corrected chi connectivity index (χ3v) is 4.76. The van der Waals surface area contributed by atoms with E-state index < -0.39 is 0 Å². The van der Waals surface area contributed by atoms with Crippen LogP contribution in [0, 0.1) is 20.8 Å². The summed E-state index contributed by atoms with van der Waals surface area (Å²) in [5.41, 5.74) is 2.88. The molecule has 1 N–H and O–H groups in total. The van der Waals surface area contributed by atoms with Crippen molar-refractivity contribution in [3.8, 4) is 11.5 Å². The van der Waals surface area contributed by atoms with Crippen LogP contribution >= 0.6 is 0 Å². The van der Waals surface area contributed by atoms with Crippen molar-refractivity contribution in [2.45, 2.75) is 91.9 Å². The lowest BCUT2D eigenvalue weighted by atomic mass is 10.0. The Morgan fingerprint density at radius 1 is 0.783 bits per heavy atom. The van der Waals surface area contributed by atoms with Gasteiger partial charge in [-0.1, -0.05) is 64.7 Å². The average molecular weight is 321 g/mol. The maximum absolute atomic E-state index is 9.92. The van der Waals surface area contributed by atoms with E-state index in [1.807, 2.05) is 26.8 Å². The van der Waals surface area contributed by atoms with E-state index in [1.54, 1.807) is 0 Å². The Bertz CT molecular complexity index is 452. The van der Waals surface area contributed by atoms with Crippen molar-refractivity contribution in [3.63, 3.8) is 0 Å². The van der Waals surface area contributed by atoms with E-state index in [4.69, 9.17) is 4.74 Å². The molecular formula is C21H36O2. The Morgan fingerprint density at radius 3 is 1.87 bits per heavy atom. The number of hydrogen-bond acceptors (Lipinski definition) is 2. The molecule has 0 bridgehead atoms. The number of hydrogen-bond donors (Lipinski definition) is 1. The van der Waals surface area contributed by atoms with Crippen LogP contribution < -0.4 is 4.74 Å². The van der Waals surface area contributed by atoms with E-state index in [1.165, 1.54) is 57.8 Å². The first kappa shape index (κ1) is 19.9. The second-order valence-electron chi connectivity index (χ2n) is 6.82. The second-order valence-corrected chi connectivity index (χ2v) is 6.82. The molecule has 0 atom stereocenters. The Labute approximate surface area is 143 Å². The van der Waals surface area contributed by atoms with E-state index in [-0.39, 0.29) is 0 Å². The fourth-order valence-electron chi connectivity index (χ4n) is 2.95. The molecule has 0 unspecified atom stereocenters. The molecule has 2 nitrogen and oxygen atoms in total. The number of phenols is 1. The number of benzene rings is 1. The van der Waals surface area contributed by atoms with Gasteiger partial charge >= 0.3 is 0 Å². The third kappa shape index (κ3) is 7.28. The molecule has 1 aromatic carbocycles. The van der Waals surface area contributed by atoms with E-state index >= 15 is 0 Å². The van der Waals surface area contributed by atoms with Crippen LogP contribution in [0.4, 0.5) is 0 Å². The molecule has 0 spiro atoms. The minimum absolute atomic E-state index is 0.397. The summed E-state index contributed by atoms with van der Waals surface area (Å²) in [5, 5.41) is 9.92. The summed E-state index contributed by atoms with van der Waals surface area (Å²) >= 11 is 0. The molecule has 0 heterocycles. The van der Waals surface area contributed by atoms with E-state index in [2.05, 4.69) is 6.92 Å². The van der Waals surface area contributed by atoms with Crippen molar-refractivity contribution in [2.75, 3.05) is 6.61 Å². The number of ether oxygens (including phenoxy) is 1. The standard InChI is InChI=1S/C21H36O2/c1-5-6-7-8-9-10-11-12-13-14-15-23-20-16-17(2)21(22)19(4)18(20)3/h16,22H,5-15H2,1-4H3. The Hall–Kier alpha value is -1.18. The smallest absolute Gasteiger partial charge is 0.122 e. The van der Waals surface area contributed by atoms with Gasteiger partial charge < -0.3 is 9.84 Å². The van der Waals surface area contributed by atoms with Crippen LogP contribution in [0.25, 0.3) is 0 Å². The van der Waals surface area contributed by atoms with Crippen LogP contribution in [0.2, 0.25) is 0 Å². The van der Waals surface area contributed by atoms with Crippen molar-refractivity contribution < 1.29 is 9.84 Å². The number of aromatic hydroxyl groups is 1. The number of phenolic OH excluding ortho intramolecular Hbond substituents is 1. The average Bonchev–Trinajstić information content (AvgIpc) is 2.55. The molecule has 0 aliphatic rings. The summed E-state index contributed by atoms with van der Waals surface area (Å²) < 4.78 is 5.91. The van der Waals surface area contributed by atoms with Crippen molar-refractivity contribution in [2.24, 2.45) is 0 Å². The highest BCUT2D eigenvalue weighted by Gasteiger charge is 2.09. The first-order valence-corrected chi connectivity index (χ1v) is 9.50. The molecule has 0 saturated carbocycles. The fourth-order valence-corrected chi connectivity index (χ4v) is 2.95. The van der Waals surface area contributed by atoms with Crippen molar-refractivity contribution in [1.82, 2.24) is 0 Å². The summed E-state index contributed by atoms with van der Waals surface area (Å²) in [7, 11) is 0. The van der Waals surface area contributed by atoms with Gasteiger partial charge in [-0.2, -0.15) is 0 Å². The van der Waals surface area contributed by atoms with Crippen LogP contribution in [-0.2, 0) is 0 Å². The molecule has 0 fully saturated rings. The number of unbranched alkanes of at least 4 members (excludes halogenated alkanes) is 9. The summed E-state index contributed by atoms with van der Waals surface area (Å²) in [4.78, 5) is 0. The molecule has 0 aliphatic heterocycles. The lowest BCUT2D eigenvalue weighted by Gasteiger charge is -2.14. The molecule has 132 valence electrons. The molecule has 23 heavy (non-hydrogen) atoms. The van der Waals surface area contributed by atoms with Gasteiger partial charge in [0.15, 0.2) is 0 Å². The number of aryl methyl sites for hydroxylation is 1. The highest BCUT2D eigenvalue weighted by molar-refractivity contribution is 5.51. The van der Waals surface area contributed by atoms with Crippen LogP contribution in [0.1, 0.15) is 87.8 Å². The molecule has 2 heteroatoms. The first-order valence-electron chi connectivity index (χ1n) is 9.50. The Balaban J connectivity index is 2.10. The molecule has 0 aromatic heterocycles. The summed E-state index contributed by atoms with van der Waals surface area (Å²) in [6.07, 6.45) is 13.4. The lowest BCUT2D eigenvalue weighted by molar-refractivity contribution is 0.301. The fraction of sp³-hybridized carbons (Fsp3) is 0.714. The first-order chi connectivity index (χ1) is 11.1. The Kier molecular flexibility index (Phi) is 9.82. The van der Waals surface area contributed by atoms with Gasteiger partial charge in [0.25, 0.3) is 0 Å². The highest BCUT2D eigenvalue weighted by atomic mass is 16.5. The topological polar surface area (TPSA) is 29.5 Å².